The van der Waals surface area contributed by atoms with Gasteiger partial charge in [0, 0.05) is 35.4 Å². The molecular weight excluding hydrogens is 446 g/mol. The Kier molecular flexibility index (Phi) is 5.97. The molecule has 1 fully saturated rings. The smallest absolute Gasteiger partial charge is 0.246 e. The molecule has 10 heteroatoms. The quantitative estimate of drug-likeness (QED) is 0.615. The third-order valence-electron chi connectivity index (χ3n) is 5.12. The van der Waals surface area contributed by atoms with Gasteiger partial charge in [-0.2, -0.15) is 8.68 Å². The third kappa shape index (κ3) is 4.15. The van der Waals surface area contributed by atoms with Crippen LogP contribution in [0.1, 0.15) is 12.8 Å². The molecule has 1 aliphatic heterocycles. The Labute approximate surface area is 183 Å². The molecule has 0 unspecified atom stereocenters. The number of carbonyl (C=O) groups excluding carboxylic acids is 1. The monoisotopic (exact) mass is 465 g/mol. The number of nitrogens with one attached hydrogen (secondary N) is 1. The van der Waals surface area contributed by atoms with E-state index in [1.807, 2.05) is 18.2 Å². The topological polar surface area (TPSA) is 88.6 Å². The fraction of sp³-hybridized carbons (Fsp3) is 0.300. The molecule has 1 aliphatic rings. The number of hydrogen-bond donors (Lipinski definition) is 1. The van der Waals surface area contributed by atoms with Crippen molar-refractivity contribution < 1.29 is 17.9 Å². The maximum Gasteiger partial charge on any atom is 0.246 e. The minimum absolute atomic E-state index is 0.00830. The summed E-state index contributed by atoms with van der Waals surface area (Å²) in [6.07, 6.45) is 2.96. The van der Waals surface area contributed by atoms with Crippen molar-refractivity contribution >= 4 is 54.8 Å². The molecule has 2 aromatic carbocycles. The number of fused-ring (bicyclic) bond motifs is 1. The first-order valence-corrected chi connectivity index (χ1v) is 12.0. The molecule has 1 saturated heterocycles. The number of piperidine rings is 1. The number of amides is 1. The highest BCUT2D eigenvalue weighted by atomic mass is 35.5. The number of aromatic nitrogens is 1. The summed E-state index contributed by atoms with van der Waals surface area (Å²) in [6.45, 7) is 0.445. The second-order valence-corrected chi connectivity index (χ2v) is 10.2. The second kappa shape index (κ2) is 8.50. The molecule has 1 amide bonds. The zero-order chi connectivity index (χ0) is 21.3. The summed E-state index contributed by atoms with van der Waals surface area (Å²) in [5, 5.41) is 4.17. The summed E-state index contributed by atoms with van der Waals surface area (Å²) in [5.41, 5.74) is 0.671. The lowest BCUT2D eigenvalue weighted by molar-refractivity contribution is -0.120. The Morgan fingerprint density at radius 3 is 2.93 bits per heavy atom. The highest BCUT2D eigenvalue weighted by molar-refractivity contribution is 7.89. The fourth-order valence-electron chi connectivity index (χ4n) is 3.56. The zero-order valence-corrected chi connectivity index (χ0v) is 18.6. The molecule has 2 heterocycles. The van der Waals surface area contributed by atoms with Crippen LogP contribution >= 0.6 is 23.1 Å². The van der Waals surface area contributed by atoms with Gasteiger partial charge < -0.3 is 10.1 Å². The first-order chi connectivity index (χ1) is 14.4. The van der Waals surface area contributed by atoms with Crippen LogP contribution in [0.2, 0.25) is 5.02 Å². The third-order valence-corrected chi connectivity index (χ3v) is 8.02. The highest BCUT2D eigenvalue weighted by Gasteiger charge is 2.35. The molecule has 7 nitrogen and oxygen atoms in total. The maximum atomic E-state index is 13.2. The average Bonchev–Trinajstić information content (AvgIpc) is 3.21. The van der Waals surface area contributed by atoms with E-state index in [2.05, 4.69) is 9.69 Å². The molecule has 4 rings (SSSR count). The predicted molar refractivity (Wildman–Crippen MR) is 118 cm³/mol. The lowest BCUT2D eigenvalue weighted by Crippen LogP contribution is -2.43. The van der Waals surface area contributed by atoms with Crippen LogP contribution in [-0.2, 0) is 14.8 Å². The molecule has 0 aliphatic carbocycles. The van der Waals surface area contributed by atoms with Gasteiger partial charge in [0.1, 0.15) is 10.6 Å². The zero-order valence-electron chi connectivity index (χ0n) is 16.2. The van der Waals surface area contributed by atoms with E-state index in [0.29, 0.717) is 30.1 Å². The van der Waals surface area contributed by atoms with Gasteiger partial charge in [-0.05, 0) is 60.8 Å². The Morgan fingerprint density at radius 2 is 2.13 bits per heavy atom. The molecular formula is C20H20ClN3O4S2. The number of sulfonamides is 1. The second-order valence-electron chi connectivity index (χ2n) is 7.07. The Morgan fingerprint density at radius 1 is 1.30 bits per heavy atom. The van der Waals surface area contributed by atoms with Gasteiger partial charge in [0.2, 0.25) is 15.9 Å². The van der Waals surface area contributed by atoms with E-state index in [-0.39, 0.29) is 23.1 Å². The van der Waals surface area contributed by atoms with Crippen molar-refractivity contribution in [1.82, 2.24) is 8.68 Å². The summed E-state index contributed by atoms with van der Waals surface area (Å²) in [6, 6.07) is 10.1. The lowest BCUT2D eigenvalue weighted by Gasteiger charge is -2.31. The van der Waals surface area contributed by atoms with Gasteiger partial charge in [-0.1, -0.05) is 11.6 Å². The van der Waals surface area contributed by atoms with Crippen molar-refractivity contribution in [1.29, 1.82) is 0 Å². The van der Waals surface area contributed by atoms with Crippen LogP contribution in [0.25, 0.3) is 10.1 Å². The fourth-order valence-corrected chi connectivity index (χ4v) is 6.13. The van der Waals surface area contributed by atoms with E-state index in [4.69, 9.17) is 16.3 Å². The molecule has 1 N–H and O–H groups in total. The maximum absolute atomic E-state index is 13.2. The highest BCUT2D eigenvalue weighted by Crippen LogP contribution is 2.32. The Bertz CT molecular complexity index is 1200. The van der Waals surface area contributed by atoms with Crippen LogP contribution in [0.5, 0.6) is 5.75 Å². The van der Waals surface area contributed by atoms with Gasteiger partial charge in [-0.25, -0.2) is 8.42 Å². The number of benzene rings is 2. The normalized spacial score (nSPS) is 17.7. The summed E-state index contributed by atoms with van der Waals surface area (Å²) in [5.74, 6) is -0.422. The first-order valence-electron chi connectivity index (χ1n) is 9.37. The number of carbonyl (C=O) groups is 1. The van der Waals surface area contributed by atoms with E-state index in [1.165, 1.54) is 35.1 Å². The van der Waals surface area contributed by atoms with E-state index < -0.39 is 15.9 Å². The van der Waals surface area contributed by atoms with Crippen LogP contribution in [-0.4, -0.2) is 43.2 Å². The molecule has 0 bridgehead atoms. The summed E-state index contributed by atoms with van der Waals surface area (Å²) >= 11 is 7.41. The van der Waals surface area contributed by atoms with E-state index in [9.17, 15) is 13.2 Å². The van der Waals surface area contributed by atoms with Crippen LogP contribution in [0, 0.1) is 5.92 Å². The first kappa shape index (κ1) is 21.0. The van der Waals surface area contributed by atoms with Crippen molar-refractivity contribution in [2.75, 3.05) is 25.5 Å². The molecule has 0 radical (unpaired) electrons. The summed E-state index contributed by atoms with van der Waals surface area (Å²) in [4.78, 5) is 12.8. The molecule has 1 atom stereocenters. The molecule has 3 aromatic rings. The van der Waals surface area contributed by atoms with Gasteiger partial charge in [0.25, 0.3) is 0 Å². The number of hydrogen-bond acceptors (Lipinski definition) is 6. The van der Waals surface area contributed by atoms with Crippen LogP contribution in [0.4, 0.5) is 5.69 Å². The van der Waals surface area contributed by atoms with Crippen LogP contribution in [0.3, 0.4) is 0 Å². The van der Waals surface area contributed by atoms with Crippen molar-refractivity contribution in [2.45, 2.75) is 17.7 Å². The Balaban J connectivity index is 1.52. The van der Waals surface area contributed by atoms with E-state index in [0.717, 1.165) is 10.1 Å². The van der Waals surface area contributed by atoms with Gasteiger partial charge in [0.05, 0.1) is 17.7 Å². The van der Waals surface area contributed by atoms with Crippen molar-refractivity contribution in [3.05, 3.63) is 47.6 Å². The molecule has 1 aromatic heterocycles. The number of nitrogens with zero attached hydrogens (tertiary/aromatic N) is 2. The van der Waals surface area contributed by atoms with Crippen LogP contribution < -0.4 is 10.1 Å². The van der Waals surface area contributed by atoms with Crippen molar-refractivity contribution in [3.8, 4) is 5.75 Å². The van der Waals surface area contributed by atoms with E-state index >= 15 is 0 Å². The molecule has 0 saturated carbocycles. The minimum atomic E-state index is -3.85. The largest absolute Gasteiger partial charge is 0.495 e. The lowest BCUT2D eigenvalue weighted by atomic mass is 9.98. The standard InChI is InChI=1S/C20H20ClN3O4S2/c1-28-17-6-4-15(21)10-19(17)30(26,27)24-8-2-3-13(12-24)20(25)23-16-5-7-18-14(9-16)11-22-29-18/h4-7,9-11,13H,2-3,8,12H2,1H3,(H,23,25)/t13-/m1/s1. The number of rotatable bonds is 5. The van der Waals surface area contributed by atoms with Crippen LogP contribution in [0.15, 0.2) is 47.5 Å². The van der Waals surface area contributed by atoms with Crippen molar-refractivity contribution in [3.63, 3.8) is 0 Å². The summed E-state index contributed by atoms with van der Waals surface area (Å²) < 4.78 is 38.1. The summed E-state index contributed by atoms with van der Waals surface area (Å²) in [7, 11) is -2.44. The number of halogens is 1. The molecule has 30 heavy (non-hydrogen) atoms. The van der Waals surface area contributed by atoms with Gasteiger partial charge in [-0.15, -0.1) is 0 Å². The molecule has 0 spiro atoms. The van der Waals surface area contributed by atoms with Gasteiger partial charge >= 0.3 is 0 Å². The SMILES string of the molecule is COc1ccc(Cl)cc1S(=O)(=O)N1CCC[C@@H](C(=O)Nc2ccc3sncc3c2)C1. The van der Waals surface area contributed by atoms with Gasteiger partial charge in [-0.3, -0.25) is 4.79 Å². The number of ether oxygens (including phenoxy) is 1. The Hall–Kier alpha value is -2.20. The predicted octanol–water partition coefficient (Wildman–Crippen LogP) is 4.00. The number of anilines is 1. The number of methoxy groups -OCH3 is 1. The average molecular weight is 466 g/mol. The van der Waals surface area contributed by atoms with E-state index in [1.54, 1.807) is 12.3 Å². The minimum Gasteiger partial charge on any atom is -0.495 e. The molecule has 158 valence electrons. The van der Waals surface area contributed by atoms with Gasteiger partial charge in [0.15, 0.2) is 0 Å². The van der Waals surface area contributed by atoms with Crippen molar-refractivity contribution in [2.24, 2.45) is 5.92 Å².